The van der Waals surface area contributed by atoms with Gasteiger partial charge in [-0.2, -0.15) is 4.98 Å². The van der Waals surface area contributed by atoms with Crippen LogP contribution in [0.15, 0.2) is 24.3 Å². The molecule has 1 aromatic carbocycles. The summed E-state index contributed by atoms with van der Waals surface area (Å²) in [6, 6.07) is 8.70. The molecule has 0 aliphatic carbocycles. The van der Waals surface area contributed by atoms with Crippen molar-refractivity contribution in [2.75, 3.05) is 37.0 Å². The van der Waals surface area contributed by atoms with Crippen LogP contribution in [0.25, 0.3) is 0 Å². The highest BCUT2D eigenvalue weighted by Gasteiger charge is 2.23. The van der Waals surface area contributed by atoms with Crippen LogP contribution in [0.2, 0.25) is 0 Å². The molecule has 0 unspecified atom stereocenters. The predicted molar refractivity (Wildman–Crippen MR) is 93.0 cm³/mol. The average Bonchev–Trinajstić information content (AvgIpc) is 2.60. The zero-order valence-corrected chi connectivity index (χ0v) is 13.8. The van der Waals surface area contributed by atoms with Gasteiger partial charge in [0.2, 0.25) is 5.95 Å². The molecule has 2 aliphatic heterocycles. The highest BCUT2D eigenvalue weighted by atomic mass is 15.3. The molecule has 0 fully saturated rings. The number of hydrogen-bond donors (Lipinski definition) is 1. The normalized spacial score (nSPS) is 16.7. The number of anilines is 2. The molecule has 0 spiro atoms. The van der Waals surface area contributed by atoms with Gasteiger partial charge in [-0.05, 0) is 17.5 Å². The maximum atomic E-state index is 4.90. The molecule has 0 saturated heterocycles. The van der Waals surface area contributed by atoms with Crippen molar-refractivity contribution in [2.24, 2.45) is 0 Å². The molecule has 5 heteroatoms. The molecule has 4 rings (SSSR count). The van der Waals surface area contributed by atoms with Gasteiger partial charge in [0, 0.05) is 52.3 Å². The molecule has 0 radical (unpaired) electrons. The van der Waals surface area contributed by atoms with Crippen molar-refractivity contribution in [3.63, 3.8) is 0 Å². The Labute approximate surface area is 137 Å². The van der Waals surface area contributed by atoms with Crippen LogP contribution in [0.1, 0.15) is 22.4 Å². The summed E-state index contributed by atoms with van der Waals surface area (Å²) in [6.45, 7) is 3.76. The number of aromatic nitrogens is 2. The smallest absolute Gasteiger partial charge is 0.227 e. The van der Waals surface area contributed by atoms with Gasteiger partial charge in [-0.1, -0.05) is 24.3 Å². The molecular weight excluding hydrogens is 286 g/mol. The summed E-state index contributed by atoms with van der Waals surface area (Å²) >= 11 is 0. The van der Waals surface area contributed by atoms with Crippen molar-refractivity contribution in [1.29, 1.82) is 0 Å². The number of nitrogens with one attached hydrogen (secondary N) is 1. The zero-order chi connectivity index (χ0) is 15.8. The lowest BCUT2D eigenvalue weighted by Crippen LogP contribution is -2.34. The van der Waals surface area contributed by atoms with Gasteiger partial charge in [0.1, 0.15) is 5.82 Å². The first-order chi connectivity index (χ1) is 11.2. The molecule has 0 saturated carbocycles. The minimum Gasteiger partial charge on any atom is -0.362 e. The number of rotatable bonds is 2. The van der Waals surface area contributed by atoms with E-state index < -0.39 is 0 Å². The van der Waals surface area contributed by atoms with E-state index in [0.29, 0.717) is 0 Å². The van der Waals surface area contributed by atoms with Gasteiger partial charge >= 0.3 is 0 Å². The van der Waals surface area contributed by atoms with Gasteiger partial charge in [0.15, 0.2) is 0 Å². The molecule has 23 heavy (non-hydrogen) atoms. The highest BCUT2D eigenvalue weighted by molar-refractivity contribution is 5.54. The summed E-state index contributed by atoms with van der Waals surface area (Å²) in [5.74, 6) is 1.93. The minimum absolute atomic E-state index is 0.867. The van der Waals surface area contributed by atoms with Gasteiger partial charge in [-0.25, -0.2) is 4.98 Å². The predicted octanol–water partition coefficient (Wildman–Crippen LogP) is 1.75. The van der Waals surface area contributed by atoms with Crippen LogP contribution in [0.4, 0.5) is 11.8 Å². The Balaban J connectivity index is 1.71. The molecule has 120 valence electrons. The molecule has 5 nitrogen and oxygen atoms in total. The fraction of sp³-hybridized carbons (Fsp3) is 0.444. The summed E-state index contributed by atoms with van der Waals surface area (Å²) in [6.07, 6.45) is 2.05. The lowest BCUT2D eigenvalue weighted by atomic mass is 10.0. The van der Waals surface area contributed by atoms with Crippen LogP contribution < -0.4 is 15.1 Å². The summed E-state index contributed by atoms with van der Waals surface area (Å²) < 4.78 is 0. The van der Waals surface area contributed by atoms with E-state index in [4.69, 9.17) is 9.97 Å². The molecule has 1 N–H and O–H groups in total. The summed E-state index contributed by atoms with van der Waals surface area (Å²) in [7, 11) is 4.12. The topological polar surface area (TPSA) is 44.3 Å². The number of hydrogen-bond acceptors (Lipinski definition) is 5. The Bertz CT molecular complexity index is 725. The molecule has 1 aromatic heterocycles. The Morgan fingerprint density at radius 2 is 1.91 bits per heavy atom. The molecule has 3 heterocycles. The third-order valence-electron chi connectivity index (χ3n) is 4.74. The molecule has 0 atom stereocenters. The quantitative estimate of drug-likeness (QED) is 0.916. The lowest BCUT2D eigenvalue weighted by Gasteiger charge is -2.31. The van der Waals surface area contributed by atoms with E-state index in [1.54, 1.807) is 0 Å². The molecule has 0 amide bonds. The monoisotopic (exact) mass is 309 g/mol. The Morgan fingerprint density at radius 1 is 1.09 bits per heavy atom. The Hall–Kier alpha value is -2.14. The maximum Gasteiger partial charge on any atom is 0.227 e. The fourth-order valence-electron chi connectivity index (χ4n) is 3.49. The number of fused-ring (bicyclic) bond motifs is 2. The van der Waals surface area contributed by atoms with Gasteiger partial charge in [0.25, 0.3) is 0 Å². The lowest BCUT2D eigenvalue weighted by molar-refractivity contribution is 0.618. The second kappa shape index (κ2) is 5.81. The van der Waals surface area contributed by atoms with E-state index >= 15 is 0 Å². The van der Waals surface area contributed by atoms with Crippen molar-refractivity contribution in [3.8, 4) is 0 Å². The summed E-state index contributed by atoms with van der Waals surface area (Å²) in [4.78, 5) is 14.2. The van der Waals surface area contributed by atoms with Crippen molar-refractivity contribution < 1.29 is 0 Å². The van der Waals surface area contributed by atoms with Crippen molar-refractivity contribution in [1.82, 2.24) is 15.3 Å². The highest BCUT2D eigenvalue weighted by Crippen LogP contribution is 2.28. The molecule has 2 aromatic rings. The Morgan fingerprint density at radius 3 is 2.74 bits per heavy atom. The van der Waals surface area contributed by atoms with Gasteiger partial charge in [0.05, 0.1) is 5.69 Å². The van der Waals surface area contributed by atoms with E-state index in [9.17, 15) is 0 Å². The van der Waals surface area contributed by atoms with Crippen LogP contribution in [-0.4, -0.2) is 37.2 Å². The fourth-order valence-corrected chi connectivity index (χ4v) is 3.49. The minimum atomic E-state index is 0.867. The second-order valence-corrected chi connectivity index (χ2v) is 6.53. The molecular formula is C18H23N5. The second-order valence-electron chi connectivity index (χ2n) is 6.53. The van der Waals surface area contributed by atoms with Crippen molar-refractivity contribution in [3.05, 3.63) is 46.6 Å². The zero-order valence-electron chi connectivity index (χ0n) is 13.8. The average molecular weight is 309 g/mol. The third kappa shape index (κ3) is 2.65. The SMILES string of the molecule is CN(C)c1nc(N2CCc3ccccc3C2)nc2c1CNCC2. The van der Waals surface area contributed by atoms with E-state index in [1.165, 1.54) is 22.4 Å². The first kappa shape index (κ1) is 14.5. The van der Waals surface area contributed by atoms with E-state index in [1.807, 2.05) is 0 Å². The van der Waals surface area contributed by atoms with Gasteiger partial charge in [-0.15, -0.1) is 0 Å². The molecule has 0 bridgehead atoms. The summed E-state index contributed by atoms with van der Waals surface area (Å²) in [5.41, 5.74) is 5.31. The van der Waals surface area contributed by atoms with Crippen LogP contribution >= 0.6 is 0 Å². The van der Waals surface area contributed by atoms with Crippen molar-refractivity contribution >= 4 is 11.8 Å². The van der Waals surface area contributed by atoms with E-state index in [2.05, 4.69) is 53.5 Å². The summed E-state index contributed by atoms with van der Waals surface area (Å²) in [5, 5.41) is 3.43. The largest absolute Gasteiger partial charge is 0.362 e. The van der Waals surface area contributed by atoms with E-state index in [-0.39, 0.29) is 0 Å². The molecule has 2 aliphatic rings. The first-order valence-corrected chi connectivity index (χ1v) is 8.32. The standard InChI is InChI=1S/C18H23N5/c1-22(2)17-15-11-19-9-7-16(15)20-18(21-17)23-10-8-13-5-3-4-6-14(13)12-23/h3-6,19H,7-12H2,1-2H3. The maximum absolute atomic E-state index is 4.90. The van der Waals surface area contributed by atoms with Crippen LogP contribution in [0.3, 0.4) is 0 Å². The van der Waals surface area contributed by atoms with Crippen LogP contribution in [0.5, 0.6) is 0 Å². The van der Waals surface area contributed by atoms with E-state index in [0.717, 1.165) is 50.8 Å². The van der Waals surface area contributed by atoms with Crippen LogP contribution in [0, 0.1) is 0 Å². The van der Waals surface area contributed by atoms with Gasteiger partial charge in [-0.3, -0.25) is 0 Å². The first-order valence-electron chi connectivity index (χ1n) is 8.32. The Kier molecular flexibility index (Phi) is 3.65. The van der Waals surface area contributed by atoms with Gasteiger partial charge < -0.3 is 15.1 Å². The number of nitrogens with zero attached hydrogens (tertiary/aromatic N) is 4. The third-order valence-corrected chi connectivity index (χ3v) is 4.74. The van der Waals surface area contributed by atoms with Crippen LogP contribution in [-0.2, 0) is 25.9 Å². The van der Waals surface area contributed by atoms with Crippen molar-refractivity contribution in [2.45, 2.75) is 25.9 Å². The number of benzene rings is 1.